The van der Waals surface area contributed by atoms with Gasteiger partial charge in [0.05, 0.1) is 13.2 Å². The van der Waals surface area contributed by atoms with Crippen molar-refractivity contribution in [2.75, 3.05) is 14.2 Å². The van der Waals surface area contributed by atoms with Crippen molar-refractivity contribution in [3.63, 3.8) is 0 Å². The molecule has 2 aromatic carbocycles. The van der Waals surface area contributed by atoms with Crippen molar-refractivity contribution >= 4 is 0 Å². The van der Waals surface area contributed by atoms with E-state index >= 15 is 0 Å². The normalized spacial score (nSPS) is 25.5. The maximum atomic E-state index is 13.0. The molecule has 3 rings (SSSR count). The number of nitrogens with two attached hydrogens (primary N) is 1. The van der Waals surface area contributed by atoms with Crippen LogP contribution in [0.1, 0.15) is 12.0 Å². The molecule has 0 aliphatic heterocycles. The fraction of sp³-hybridized carbons (Fsp3) is 0.400. The smallest absolute Gasteiger partial charge is 0.128 e. The van der Waals surface area contributed by atoms with E-state index in [1.807, 2.05) is 36.2 Å². The zero-order chi connectivity index (χ0) is 18.7. The molecule has 0 radical (unpaired) electrons. The molecule has 0 amide bonds. The molecule has 0 unspecified atom stereocenters. The Labute approximate surface area is 153 Å². The number of hydrogen-bond donors (Lipinski definition) is 2. The Morgan fingerprint density at radius 2 is 1.88 bits per heavy atom. The quantitative estimate of drug-likeness (QED) is 0.826. The number of methoxy groups -OCH3 is 1. The molecular formula is C20H25FN2O3. The minimum Gasteiger partial charge on any atom is -0.496 e. The van der Waals surface area contributed by atoms with Gasteiger partial charge < -0.3 is 20.3 Å². The summed E-state index contributed by atoms with van der Waals surface area (Å²) in [6.45, 7) is 0.600. The van der Waals surface area contributed by atoms with Gasteiger partial charge in [-0.3, -0.25) is 4.90 Å². The third-order valence-electron chi connectivity index (χ3n) is 4.90. The Bertz CT molecular complexity index is 725. The van der Waals surface area contributed by atoms with E-state index in [1.165, 1.54) is 12.1 Å². The van der Waals surface area contributed by atoms with Crippen LogP contribution in [0.5, 0.6) is 11.5 Å². The van der Waals surface area contributed by atoms with E-state index in [1.54, 1.807) is 19.2 Å². The first-order chi connectivity index (χ1) is 12.5. The van der Waals surface area contributed by atoms with Gasteiger partial charge in [0.1, 0.15) is 29.5 Å². The van der Waals surface area contributed by atoms with Crippen LogP contribution in [0.15, 0.2) is 48.5 Å². The van der Waals surface area contributed by atoms with Crippen LogP contribution in [0.2, 0.25) is 0 Å². The van der Waals surface area contributed by atoms with Gasteiger partial charge in [-0.15, -0.1) is 0 Å². The Morgan fingerprint density at radius 3 is 2.58 bits per heavy atom. The van der Waals surface area contributed by atoms with Crippen molar-refractivity contribution in [1.29, 1.82) is 0 Å². The molecule has 0 heterocycles. The SMILES string of the molecule is COc1ccccc1CN(C)[C@@H]1[C@@H](O)[C@H](Oc2ccc(F)cc2)C[C@H]1N. The largest absolute Gasteiger partial charge is 0.496 e. The van der Waals surface area contributed by atoms with Gasteiger partial charge in [-0.1, -0.05) is 18.2 Å². The second kappa shape index (κ2) is 8.03. The molecule has 1 fully saturated rings. The third kappa shape index (κ3) is 3.98. The average molecular weight is 360 g/mol. The summed E-state index contributed by atoms with van der Waals surface area (Å²) in [4.78, 5) is 2.03. The summed E-state index contributed by atoms with van der Waals surface area (Å²) in [7, 11) is 3.57. The second-order valence-electron chi connectivity index (χ2n) is 6.72. The van der Waals surface area contributed by atoms with Crippen molar-refractivity contribution in [2.45, 2.75) is 37.3 Å². The lowest BCUT2D eigenvalue weighted by atomic mass is 10.1. The number of halogens is 1. The number of rotatable bonds is 6. The molecular weight excluding hydrogens is 335 g/mol. The highest BCUT2D eigenvalue weighted by Crippen LogP contribution is 2.29. The lowest BCUT2D eigenvalue weighted by Gasteiger charge is -2.31. The molecule has 1 aliphatic rings. The number of ether oxygens (including phenoxy) is 2. The molecule has 4 atom stereocenters. The highest BCUT2D eigenvalue weighted by atomic mass is 19.1. The maximum absolute atomic E-state index is 13.0. The molecule has 0 bridgehead atoms. The van der Waals surface area contributed by atoms with E-state index < -0.39 is 12.2 Å². The molecule has 26 heavy (non-hydrogen) atoms. The summed E-state index contributed by atoms with van der Waals surface area (Å²) in [6.07, 6.45) is -0.644. The standard InChI is InChI=1S/C20H25FN2O3/c1-23(12-13-5-3-4-6-17(13)25-2)19-16(22)11-18(20(19)24)26-15-9-7-14(21)8-10-15/h3-10,16,18-20,24H,11-12,22H2,1-2H3/t16-,18-,19+,20+/m1/s1. The monoisotopic (exact) mass is 360 g/mol. The summed E-state index contributed by atoms with van der Waals surface area (Å²) in [5.41, 5.74) is 7.32. The fourth-order valence-corrected chi connectivity index (χ4v) is 3.62. The van der Waals surface area contributed by atoms with Crippen molar-refractivity contribution in [2.24, 2.45) is 5.73 Å². The Morgan fingerprint density at radius 1 is 1.19 bits per heavy atom. The molecule has 2 aromatic rings. The van der Waals surface area contributed by atoms with Crippen LogP contribution in [0.3, 0.4) is 0 Å². The van der Waals surface area contributed by atoms with Gasteiger partial charge in [-0.25, -0.2) is 4.39 Å². The minimum atomic E-state index is -0.741. The first-order valence-corrected chi connectivity index (χ1v) is 8.67. The number of aliphatic hydroxyl groups excluding tert-OH is 1. The number of para-hydroxylation sites is 1. The lowest BCUT2D eigenvalue weighted by molar-refractivity contribution is 0.0136. The van der Waals surface area contributed by atoms with Crippen molar-refractivity contribution < 1.29 is 19.0 Å². The summed E-state index contributed by atoms with van der Waals surface area (Å²) in [5, 5.41) is 10.8. The Hall–Kier alpha value is -2.15. The summed E-state index contributed by atoms with van der Waals surface area (Å²) < 4.78 is 24.3. The number of hydrogen-bond acceptors (Lipinski definition) is 5. The van der Waals surface area contributed by atoms with Crippen LogP contribution in [0.25, 0.3) is 0 Å². The van der Waals surface area contributed by atoms with Crippen LogP contribution in [0, 0.1) is 5.82 Å². The maximum Gasteiger partial charge on any atom is 0.128 e. The molecule has 0 saturated heterocycles. The molecule has 140 valence electrons. The summed E-state index contributed by atoms with van der Waals surface area (Å²) in [5.74, 6) is 1.01. The number of nitrogens with zero attached hydrogens (tertiary/aromatic N) is 1. The first-order valence-electron chi connectivity index (χ1n) is 8.67. The van der Waals surface area contributed by atoms with E-state index in [0.29, 0.717) is 18.7 Å². The van der Waals surface area contributed by atoms with Crippen LogP contribution >= 0.6 is 0 Å². The van der Waals surface area contributed by atoms with E-state index in [2.05, 4.69) is 0 Å². The van der Waals surface area contributed by atoms with Gasteiger partial charge in [0, 0.05) is 24.6 Å². The number of benzene rings is 2. The first kappa shape index (κ1) is 18.6. The molecule has 6 heteroatoms. The van der Waals surface area contributed by atoms with Crippen LogP contribution in [-0.2, 0) is 6.54 Å². The topological polar surface area (TPSA) is 68.0 Å². The molecule has 1 aliphatic carbocycles. The van der Waals surface area contributed by atoms with E-state index in [-0.39, 0.29) is 17.9 Å². The number of likely N-dealkylation sites (N-methyl/N-ethyl adjacent to an activating group) is 1. The van der Waals surface area contributed by atoms with E-state index in [0.717, 1.165) is 11.3 Å². The van der Waals surface area contributed by atoms with Gasteiger partial charge >= 0.3 is 0 Å². The van der Waals surface area contributed by atoms with Crippen LogP contribution in [0.4, 0.5) is 4.39 Å². The van der Waals surface area contributed by atoms with Crippen LogP contribution in [-0.4, -0.2) is 48.5 Å². The molecule has 0 aromatic heterocycles. The van der Waals surface area contributed by atoms with E-state index in [4.69, 9.17) is 15.2 Å². The summed E-state index contributed by atoms with van der Waals surface area (Å²) in [6, 6.07) is 13.1. The zero-order valence-corrected chi connectivity index (χ0v) is 15.0. The van der Waals surface area contributed by atoms with Crippen molar-refractivity contribution in [1.82, 2.24) is 4.90 Å². The highest BCUT2D eigenvalue weighted by Gasteiger charge is 2.44. The lowest BCUT2D eigenvalue weighted by Crippen LogP contribution is -2.48. The van der Waals surface area contributed by atoms with Gasteiger partial charge in [-0.2, -0.15) is 0 Å². The van der Waals surface area contributed by atoms with Gasteiger partial charge in [-0.05, 0) is 37.4 Å². The third-order valence-corrected chi connectivity index (χ3v) is 4.90. The predicted octanol–water partition coefficient (Wildman–Crippen LogP) is 2.17. The summed E-state index contributed by atoms with van der Waals surface area (Å²) >= 11 is 0. The molecule has 5 nitrogen and oxygen atoms in total. The van der Waals surface area contributed by atoms with Crippen molar-refractivity contribution in [3.8, 4) is 11.5 Å². The van der Waals surface area contributed by atoms with E-state index in [9.17, 15) is 9.50 Å². The highest BCUT2D eigenvalue weighted by molar-refractivity contribution is 5.33. The molecule has 0 spiro atoms. The van der Waals surface area contributed by atoms with Crippen molar-refractivity contribution in [3.05, 3.63) is 59.9 Å². The Balaban J connectivity index is 1.68. The molecule has 1 saturated carbocycles. The van der Waals surface area contributed by atoms with Gasteiger partial charge in [0.25, 0.3) is 0 Å². The Kier molecular flexibility index (Phi) is 5.76. The second-order valence-corrected chi connectivity index (χ2v) is 6.72. The molecule has 3 N–H and O–H groups in total. The predicted molar refractivity (Wildman–Crippen MR) is 97.7 cm³/mol. The average Bonchev–Trinajstić information content (AvgIpc) is 2.91. The minimum absolute atomic E-state index is 0.227. The fourth-order valence-electron chi connectivity index (χ4n) is 3.62. The number of aliphatic hydroxyl groups is 1. The van der Waals surface area contributed by atoms with Gasteiger partial charge in [0.2, 0.25) is 0 Å². The van der Waals surface area contributed by atoms with Crippen LogP contribution < -0.4 is 15.2 Å². The zero-order valence-electron chi connectivity index (χ0n) is 15.0. The van der Waals surface area contributed by atoms with Gasteiger partial charge in [0.15, 0.2) is 0 Å².